The van der Waals surface area contributed by atoms with Crippen molar-refractivity contribution in [2.75, 3.05) is 13.2 Å². The molecule has 1 fully saturated rings. The molecular formula is C13H9F17NaO5P. The van der Waals surface area contributed by atoms with Crippen LogP contribution in [0, 0.1) is 0 Å². The van der Waals surface area contributed by atoms with E-state index >= 15 is 0 Å². The maximum atomic E-state index is 13.6. The first-order valence-electron chi connectivity index (χ1n) is 8.42. The van der Waals surface area contributed by atoms with Gasteiger partial charge in [0.1, 0.15) is 6.10 Å². The molecule has 1 aliphatic rings. The minimum atomic E-state index is -8.81. The Morgan fingerprint density at radius 3 is 1.43 bits per heavy atom. The second-order valence-corrected chi connectivity index (χ2v) is 8.33. The first kappa shape index (κ1) is 36.9. The van der Waals surface area contributed by atoms with Gasteiger partial charge in [-0.1, -0.05) is 0 Å². The molecular weight excluding hydrogens is 613 g/mol. The van der Waals surface area contributed by atoms with E-state index in [1.807, 2.05) is 0 Å². The number of phosphoric acid groups is 1. The van der Waals surface area contributed by atoms with Gasteiger partial charge in [0.15, 0.2) is 6.17 Å². The van der Waals surface area contributed by atoms with Crippen LogP contribution >= 0.6 is 7.82 Å². The Morgan fingerprint density at radius 2 is 1.11 bits per heavy atom. The van der Waals surface area contributed by atoms with Gasteiger partial charge in [-0.2, -0.15) is 70.2 Å². The molecule has 0 amide bonds. The van der Waals surface area contributed by atoms with Gasteiger partial charge in [-0.05, 0) is 6.92 Å². The molecule has 0 aromatic heterocycles. The standard InChI is InChI=1S/C13H10F17O5P.Na/c1-4(14)6(15,16)7(17,18)8(19,20)9(21,22)10(23,24)11(25,26)12(27,28)13(29,30)35-36(31,32)34-3-5-2-33-5;/h4-5H,2-3H2,1H3,(H,31,32);/q;+1/p-1. The third kappa shape index (κ3) is 5.85. The van der Waals surface area contributed by atoms with E-state index in [1.165, 1.54) is 0 Å². The summed E-state index contributed by atoms with van der Waals surface area (Å²) in [6.07, 6.45) is -13.3. The molecule has 0 saturated carbocycles. The quantitative estimate of drug-likeness (QED) is 0.137. The molecule has 0 bridgehead atoms. The molecule has 1 saturated heterocycles. The van der Waals surface area contributed by atoms with Gasteiger partial charge in [-0.25, -0.2) is 8.91 Å². The molecule has 1 aliphatic heterocycles. The van der Waals surface area contributed by atoms with E-state index in [0.717, 1.165) is 0 Å². The van der Waals surface area contributed by atoms with Crippen LogP contribution in [0.15, 0.2) is 0 Å². The van der Waals surface area contributed by atoms with E-state index in [4.69, 9.17) is 0 Å². The normalized spacial score (nSPS) is 21.2. The summed E-state index contributed by atoms with van der Waals surface area (Å²) >= 11 is 0. The summed E-state index contributed by atoms with van der Waals surface area (Å²) in [5.74, 6) is -58.1. The molecule has 0 radical (unpaired) electrons. The maximum Gasteiger partial charge on any atom is 1.00 e. The largest absolute Gasteiger partial charge is 1.00 e. The number of phosphoric ester groups is 1. The Bertz CT molecular complexity index is 863. The fourth-order valence-corrected chi connectivity index (χ4v) is 2.79. The Morgan fingerprint density at radius 1 is 0.784 bits per heavy atom. The molecule has 0 aromatic carbocycles. The minimum Gasteiger partial charge on any atom is -0.756 e. The molecule has 24 heteroatoms. The smallest absolute Gasteiger partial charge is 0.756 e. The van der Waals surface area contributed by atoms with Gasteiger partial charge >= 0.3 is 77.1 Å². The van der Waals surface area contributed by atoms with Crippen LogP contribution in [0.2, 0.25) is 0 Å². The second-order valence-electron chi connectivity index (χ2n) is 6.99. The predicted molar refractivity (Wildman–Crippen MR) is 74.5 cm³/mol. The van der Waals surface area contributed by atoms with Crippen molar-refractivity contribution in [1.29, 1.82) is 0 Å². The Hall–Kier alpha value is -0.120. The number of hydrogen-bond donors (Lipinski definition) is 0. The molecule has 216 valence electrons. The Kier molecular flexibility index (Phi) is 10.3. The van der Waals surface area contributed by atoms with Gasteiger partial charge in [0.2, 0.25) is 0 Å². The van der Waals surface area contributed by atoms with E-state index in [1.54, 1.807) is 0 Å². The van der Waals surface area contributed by atoms with Gasteiger partial charge in [-0.15, -0.1) is 0 Å². The van der Waals surface area contributed by atoms with Gasteiger partial charge in [0.25, 0.3) is 7.82 Å². The van der Waals surface area contributed by atoms with E-state index in [2.05, 4.69) is 13.8 Å². The zero-order valence-corrected chi connectivity index (χ0v) is 20.4. The van der Waals surface area contributed by atoms with Gasteiger partial charge < -0.3 is 14.2 Å². The zero-order valence-electron chi connectivity index (χ0n) is 17.5. The number of alkyl halides is 17. The minimum absolute atomic E-state index is 0. The van der Waals surface area contributed by atoms with Crippen molar-refractivity contribution < 1.29 is 127 Å². The summed E-state index contributed by atoms with van der Waals surface area (Å²) in [4.78, 5) is 11.1. The van der Waals surface area contributed by atoms with Crippen LogP contribution in [-0.2, 0) is 18.3 Å². The number of ether oxygens (including phenoxy) is 1. The van der Waals surface area contributed by atoms with Crippen LogP contribution in [0.4, 0.5) is 74.6 Å². The summed E-state index contributed by atoms with van der Waals surface area (Å²) in [6, 6.07) is 0. The van der Waals surface area contributed by atoms with Crippen molar-refractivity contribution in [3.63, 3.8) is 0 Å². The molecule has 5 nitrogen and oxygen atoms in total. The molecule has 1 rings (SSSR count). The first-order valence-corrected chi connectivity index (χ1v) is 9.88. The fraction of sp³-hybridized carbons (Fsp3) is 1.00. The van der Waals surface area contributed by atoms with Crippen LogP contribution < -0.4 is 34.5 Å². The number of halogens is 17. The summed E-state index contributed by atoms with van der Waals surface area (Å²) in [7, 11) is -6.91. The van der Waals surface area contributed by atoms with Crippen molar-refractivity contribution in [2.45, 2.75) is 66.8 Å². The van der Waals surface area contributed by atoms with E-state index in [0.29, 0.717) is 0 Å². The van der Waals surface area contributed by atoms with Crippen molar-refractivity contribution in [3.8, 4) is 0 Å². The van der Waals surface area contributed by atoms with Crippen LogP contribution in [0.1, 0.15) is 6.92 Å². The number of hydrogen-bond acceptors (Lipinski definition) is 5. The summed E-state index contributed by atoms with van der Waals surface area (Å²) < 4.78 is 249. The third-order valence-corrected chi connectivity index (χ3v) is 5.22. The number of epoxide rings is 1. The van der Waals surface area contributed by atoms with Crippen molar-refractivity contribution in [1.82, 2.24) is 0 Å². The molecule has 3 atom stereocenters. The van der Waals surface area contributed by atoms with E-state index < -0.39 is 81.2 Å². The molecule has 0 aliphatic carbocycles. The van der Waals surface area contributed by atoms with Crippen LogP contribution in [0.5, 0.6) is 0 Å². The summed E-state index contributed by atoms with van der Waals surface area (Å²) in [5, 5.41) is 0. The number of rotatable bonds is 13. The van der Waals surface area contributed by atoms with Gasteiger partial charge in [0.05, 0.1) is 13.2 Å². The monoisotopic (exact) mass is 622 g/mol. The van der Waals surface area contributed by atoms with Crippen molar-refractivity contribution in [3.05, 3.63) is 0 Å². The van der Waals surface area contributed by atoms with Crippen LogP contribution in [0.3, 0.4) is 0 Å². The molecule has 0 aromatic rings. The second kappa shape index (κ2) is 10.4. The molecule has 3 unspecified atom stereocenters. The average Bonchev–Trinajstić information content (AvgIpc) is 3.48. The van der Waals surface area contributed by atoms with Gasteiger partial charge in [0, 0.05) is 0 Å². The van der Waals surface area contributed by atoms with Crippen LogP contribution in [0.25, 0.3) is 0 Å². The van der Waals surface area contributed by atoms with Crippen LogP contribution in [-0.4, -0.2) is 73.1 Å². The molecule has 37 heavy (non-hydrogen) atoms. The third-order valence-electron chi connectivity index (χ3n) is 4.30. The fourth-order valence-electron chi connectivity index (χ4n) is 1.99. The summed E-state index contributed by atoms with van der Waals surface area (Å²) in [6.45, 7) is -2.33. The average molecular weight is 622 g/mol. The summed E-state index contributed by atoms with van der Waals surface area (Å²) in [5.41, 5.74) is 0. The van der Waals surface area contributed by atoms with E-state index in [9.17, 15) is 84.1 Å². The molecule has 0 N–H and O–H groups in total. The Balaban J connectivity index is 0.0000130. The molecule has 1 heterocycles. The van der Waals surface area contributed by atoms with E-state index in [-0.39, 0.29) is 36.2 Å². The first-order chi connectivity index (χ1) is 15.5. The maximum absolute atomic E-state index is 13.6. The SMILES string of the molecule is CC(F)C(F)(F)C(F)(F)C(F)(F)C(F)(F)C(F)(F)C(F)(F)C(F)(F)C(F)(F)OP(=O)([O-])OCC1CO1.[Na+]. The van der Waals surface area contributed by atoms with Crippen molar-refractivity contribution in [2.24, 2.45) is 0 Å². The zero-order chi connectivity index (χ0) is 29.2. The predicted octanol–water partition coefficient (Wildman–Crippen LogP) is 2.29. The molecule has 0 spiro atoms. The van der Waals surface area contributed by atoms with Crippen molar-refractivity contribution >= 4 is 7.82 Å². The van der Waals surface area contributed by atoms with Gasteiger partial charge in [-0.3, -0.25) is 4.57 Å². The Labute approximate surface area is 215 Å². The topological polar surface area (TPSA) is 71.1 Å².